The van der Waals surface area contributed by atoms with Gasteiger partial charge in [-0.2, -0.15) is 5.26 Å². The molecule has 0 saturated carbocycles. The fourth-order valence-electron chi connectivity index (χ4n) is 3.38. The van der Waals surface area contributed by atoms with Crippen molar-refractivity contribution in [3.05, 3.63) is 39.2 Å². The zero-order valence-corrected chi connectivity index (χ0v) is 15.7. The van der Waals surface area contributed by atoms with Gasteiger partial charge in [-0.3, -0.25) is 9.69 Å². The zero-order valence-electron chi connectivity index (χ0n) is 14.8. The van der Waals surface area contributed by atoms with Crippen LogP contribution in [-0.4, -0.2) is 35.0 Å². The molecule has 1 aliphatic heterocycles. The molecule has 0 bridgehead atoms. The summed E-state index contributed by atoms with van der Waals surface area (Å²) in [6, 6.07) is 6.36. The van der Waals surface area contributed by atoms with Gasteiger partial charge in [-0.15, -0.1) is 11.3 Å². The molecule has 0 aromatic carbocycles. The Balaban J connectivity index is 1.82. The summed E-state index contributed by atoms with van der Waals surface area (Å²) in [6.45, 7) is 6.97. The van der Waals surface area contributed by atoms with Gasteiger partial charge in [0.1, 0.15) is 11.9 Å². The molecule has 2 aromatic heterocycles. The number of nitriles is 1. The molecular weight excluding hydrogens is 332 g/mol. The first kappa shape index (κ1) is 17.7. The largest absolute Gasteiger partial charge is 0.325 e. The van der Waals surface area contributed by atoms with Gasteiger partial charge in [0.15, 0.2) is 0 Å². The molecule has 1 N–H and O–H groups in total. The Kier molecular flexibility index (Phi) is 5.57. The Labute approximate surface area is 152 Å². The molecule has 3 rings (SSSR count). The normalized spacial score (nSPS) is 15.1. The van der Waals surface area contributed by atoms with Crippen molar-refractivity contribution in [2.45, 2.75) is 39.7 Å². The lowest BCUT2D eigenvalue weighted by Crippen LogP contribution is -2.37. The number of thiophene rings is 1. The van der Waals surface area contributed by atoms with Crippen LogP contribution in [0.4, 0.5) is 5.82 Å². The fourth-order valence-corrected chi connectivity index (χ4v) is 4.07. The van der Waals surface area contributed by atoms with E-state index in [1.54, 1.807) is 11.3 Å². The molecule has 1 amide bonds. The Morgan fingerprint density at radius 2 is 2.08 bits per heavy atom. The number of carbonyl (C=O) groups excluding carboxylic acids is 1. The molecule has 1 fully saturated rings. The number of rotatable bonds is 5. The highest BCUT2D eigenvalue weighted by Crippen LogP contribution is 2.28. The number of amides is 1. The minimum absolute atomic E-state index is 0.0386. The topological polar surface area (TPSA) is 61.1 Å². The van der Waals surface area contributed by atoms with Crippen LogP contribution in [0, 0.1) is 25.2 Å². The quantitative estimate of drug-likeness (QED) is 0.892. The van der Waals surface area contributed by atoms with E-state index in [1.165, 1.54) is 11.3 Å². The number of nitrogens with one attached hydrogen (secondary N) is 1. The third-order valence-corrected chi connectivity index (χ3v) is 5.77. The first-order chi connectivity index (χ1) is 12.1. The van der Waals surface area contributed by atoms with Crippen molar-refractivity contribution in [3.63, 3.8) is 0 Å². The standard InChI is InChI=1S/C19H24N4OS/c1-14-15(2)23(12-16-7-6-10-25-16)19(17(14)11-20)21-18(24)13-22-8-4-3-5-9-22/h6-7,10H,3-5,8-9,12-13H2,1-2H3,(H,21,24). The number of piperidine rings is 1. The number of hydrogen-bond acceptors (Lipinski definition) is 4. The predicted molar refractivity (Wildman–Crippen MR) is 101 cm³/mol. The van der Waals surface area contributed by atoms with E-state index >= 15 is 0 Å². The molecule has 1 aliphatic rings. The van der Waals surface area contributed by atoms with Crippen molar-refractivity contribution in [3.8, 4) is 6.07 Å². The van der Waals surface area contributed by atoms with Crippen LogP contribution < -0.4 is 5.32 Å². The van der Waals surface area contributed by atoms with Crippen molar-refractivity contribution in [2.75, 3.05) is 25.0 Å². The van der Waals surface area contributed by atoms with Gasteiger partial charge in [0.25, 0.3) is 0 Å². The second-order valence-electron chi connectivity index (χ2n) is 6.60. The van der Waals surface area contributed by atoms with Gasteiger partial charge in [0.05, 0.1) is 18.7 Å². The monoisotopic (exact) mass is 356 g/mol. The highest BCUT2D eigenvalue weighted by Gasteiger charge is 2.21. The second kappa shape index (κ2) is 7.85. The minimum Gasteiger partial charge on any atom is -0.325 e. The first-order valence-electron chi connectivity index (χ1n) is 8.74. The summed E-state index contributed by atoms with van der Waals surface area (Å²) in [5, 5.41) is 14.6. The Morgan fingerprint density at radius 1 is 1.32 bits per heavy atom. The minimum atomic E-state index is -0.0386. The second-order valence-corrected chi connectivity index (χ2v) is 7.63. The predicted octanol–water partition coefficient (Wildman–Crippen LogP) is 3.51. The highest BCUT2D eigenvalue weighted by molar-refractivity contribution is 7.09. The van der Waals surface area contributed by atoms with E-state index in [2.05, 4.69) is 22.4 Å². The Hall–Kier alpha value is -2.10. The third kappa shape index (κ3) is 3.94. The van der Waals surface area contributed by atoms with Gasteiger partial charge in [-0.05, 0) is 56.8 Å². The van der Waals surface area contributed by atoms with Crippen molar-refractivity contribution >= 4 is 23.1 Å². The first-order valence-corrected chi connectivity index (χ1v) is 9.62. The fraction of sp³-hybridized carbons (Fsp3) is 0.474. The van der Waals surface area contributed by atoms with Crippen LogP contribution in [0.5, 0.6) is 0 Å². The summed E-state index contributed by atoms with van der Waals surface area (Å²) in [7, 11) is 0. The van der Waals surface area contributed by atoms with Crippen molar-refractivity contribution < 1.29 is 4.79 Å². The third-order valence-electron chi connectivity index (χ3n) is 4.91. The molecule has 0 spiro atoms. The SMILES string of the molecule is Cc1c(C#N)c(NC(=O)CN2CCCCC2)n(Cc2cccs2)c1C. The number of nitrogens with zero attached hydrogens (tertiary/aromatic N) is 3. The van der Waals surface area contributed by atoms with E-state index in [0.29, 0.717) is 24.5 Å². The molecule has 6 heteroatoms. The molecule has 0 atom stereocenters. The number of hydrogen-bond donors (Lipinski definition) is 1. The summed E-state index contributed by atoms with van der Waals surface area (Å²) in [5.41, 5.74) is 2.53. The lowest BCUT2D eigenvalue weighted by Gasteiger charge is -2.25. The van der Waals surface area contributed by atoms with E-state index < -0.39 is 0 Å². The van der Waals surface area contributed by atoms with Crippen LogP contribution in [0.2, 0.25) is 0 Å². The molecule has 25 heavy (non-hydrogen) atoms. The lowest BCUT2D eigenvalue weighted by atomic mass is 10.1. The molecule has 0 aliphatic carbocycles. The van der Waals surface area contributed by atoms with Gasteiger partial charge < -0.3 is 9.88 Å². The number of likely N-dealkylation sites (tertiary alicyclic amines) is 1. The van der Waals surface area contributed by atoms with Gasteiger partial charge in [0.2, 0.25) is 5.91 Å². The van der Waals surface area contributed by atoms with Crippen LogP contribution in [0.3, 0.4) is 0 Å². The van der Waals surface area contributed by atoms with E-state index in [1.807, 2.05) is 29.9 Å². The average Bonchev–Trinajstić information content (AvgIpc) is 3.19. The van der Waals surface area contributed by atoms with Gasteiger partial charge in [-0.25, -0.2) is 0 Å². The van der Waals surface area contributed by atoms with E-state index in [0.717, 1.165) is 37.2 Å². The van der Waals surface area contributed by atoms with Crippen LogP contribution in [0.15, 0.2) is 17.5 Å². The summed E-state index contributed by atoms with van der Waals surface area (Å²) in [4.78, 5) is 15.9. The van der Waals surface area contributed by atoms with Crippen molar-refractivity contribution in [1.29, 1.82) is 5.26 Å². The lowest BCUT2D eigenvalue weighted by molar-refractivity contribution is -0.117. The zero-order chi connectivity index (χ0) is 17.8. The van der Waals surface area contributed by atoms with E-state index in [9.17, 15) is 10.1 Å². The van der Waals surface area contributed by atoms with Crippen molar-refractivity contribution in [1.82, 2.24) is 9.47 Å². The number of carbonyl (C=O) groups is 1. The molecule has 0 unspecified atom stereocenters. The van der Waals surface area contributed by atoms with E-state index in [-0.39, 0.29) is 5.91 Å². The van der Waals surface area contributed by atoms with Gasteiger partial charge in [-0.1, -0.05) is 12.5 Å². The summed E-state index contributed by atoms with van der Waals surface area (Å²) >= 11 is 1.68. The molecular formula is C19H24N4OS. The van der Waals surface area contributed by atoms with Crippen LogP contribution in [-0.2, 0) is 11.3 Å². The van der Waals surface area contributed by atoms with Crippen LogP contribution in [0.1, 0.15) is 41.0 Å². The average molecular weight is 356 g/mol. The van der Waals surface area contributed by atoms with Gasteiger partial charge >= 0.3 is 0 Å². The molecule has 2 aromatic rings. The molecule has 0 radical (unpaired) electrons. The maximum Gasteiger partial charge on any atom is 0.239 e. The Bertz CT molecular complexity index is 779. The molecule has 5 nitrogen and oxygen atoms in total. The van der Waals surface area contributed by atoms with Crippen LogP contribution >= 0.6 is 11.3 Å². The van der Waals surface area contributed by atoms with Crippen molar-refractivity contribution in [2.24, 2.45) is 0 Å². The van der Waals surface area contributed by atoms with E-state index in [4.69, 9.17) is 0 Å². The summed E-state index contributed by atoms with van der Waals surface area (Å²) < 4.78 is 2.05. The Morgan fingerprint density at radius 3 is 2.72 bits per heavy atom. The highest BCUT2D eigenvalue weighted by atomic mass is 32.1. The van der Waals surface area contributed by atoms with Crippen LogP contribution in [0.25, 0.3) is 0 Å². The smallest absolute Gasteiger partial charge is 0.239 e. The molecule has 132 valence electrons. The summed E-state index contributed by atoms with van der Waals surface area (Å²) in [5.74, 6) is 0.594. The molecule has 1 saturated heterocycles. The maximum atomic E-state index is 12.6. The number of anilines is 1. The summed E-state index contributed by atoms with van der Waals surface area (Å²) in [6.07, 6.45) is 3.56. The van der Waals surface area contributed by atoms with Gasteiger partial charge in [0, 0.05) is 10.6 Å². The molecule has 3 heterocycles. The number of aromatic nitrogens is 1. The maximum absolute atomic E-state index is 12.6.